The second-order valence-corrected chi connectivity index (χ2v) is 6.89. The molecule has 7 nitrogen and oxygen atoms in total. The van der Waals surface area contributed by atoms with E-state index in [1.165, 1.54) is 0 Å². The van der Waals surface area contributed by atoms with Gasteiger partial charge < -0.3 is 14.2 Å². The fraction of sp³-hybridized carbons (Fsp3) is 0.316. The number of rotatable bonds is 5. The van der Waals surface area contributed by atoms with Gasteiger partial charge >= 0.3 is 0 Å². The molecule has 140 valence electrons. The topological polar surface area (TPSA) is 76.4 Å². The number of aromatic nitrogens is 2. The molecule has 0 radical (unpaired) electrons. The van der Waals surface area contributed by atoms with E-state index in [1.807, 2.05) is 30.3 Å². The highest BCUT2D eigenvalue weighted by molar-refractivity contribution is 7.71. The third kappa shape index (κ3) is 4.17. The van der Waals surface area contributed by atoms with Crippen LogP contribution in [0.1, 0.15) is 12.8 Å². The van der Waals surface area contributed by atoms with Gasteiger partial charge in [-0.25, -0.2) is 4.68 Å². The molecule has 27 heavy (non-hydrogen) atoms. The predicted octanol–water partition coefficient (Wildman–Crippen LogP) is 3.77. The van der Waals surface area contributed by atoms with Gasteiger partial charge in [0.15, 0.2) is 5.76 Å². The summed E-state index contributed by atoms with van der Waals surface area (Å²) in [5, 5.41) is 7.37. The number of para-hydroxylation sites is 1. The Labute approximate surface area is 161 Å². The summed E-state index contributed by atoms with van der Waals surface area (Å²) in [7, 11) is 0. The van der Waals surface area contributed by atoms with Crippen molar-refractivity contribution in [3.63, 3.8) is 0 Å². The highest BCUT2D eigenvalue weighted by Crippen LogP contribution is 2.21. The molecule has 3 aromatic rings. The normalized spacial score (nSPS) is 15.7. The Morgan fingerprint density at radius 1 is 1.19 bits per heavy atom. The first-order valence-corrected chi connectivity index (χ1v) is 9.30. The summed E-state index contributed by atoms with van der Waals surface area (Å²) < 4.78 is 12.5. The van der Waals surface area contributed by atoms with E-state index in [4.69, 9.17) is 21.1 Å². The summed E-state index contributed by atoms with van der Waals surface area (Å²) in [5.74, 6) is 1.03. The molecule has 0 spiro atoms. The second-order valence-electron chi connectivity index (χ2n) is 6.54. The Morgan fingerprint density at radius 3 is 2.67 bits per heavy atom. The molecule has 1 aromatic carbocycles. The Bertz CT molecular complexity index is 941. The Kier molecular flexibility index (Phi) is 5.17. The molecule has 1 amide bonds. The van der Waals surface area contributed by atoms with Gasteiger partial charge in [-0.3, -0.25) is 9.69 Å². The summed E-state index contributed by atoms with van der Waals surface area (Å²) in [4.78, 5) is 15.0. The van der Waals surface area contributed by atoms with Crippen LogP contribution < -0.4 is 5.32 Å². The van der Waals surface area contributed by atoms with Crippen molar-refractivity contribution in [3.8, 4) is 11.7 Å². The molecule has 1 aliphatic rings. The van der Waals surface area contributed by atoms with Crippen molar-refractivity contribution < 1.29 is 13.6 Å². The maximum Gasteiger partial charge on any atom is 0.288 e. The molecule has 1 aliphatic heterocycles. The van der Waals surface area contributed by atoms with Crippen molar-refractivity contribution in [1.29, 1.82) is 0 Å². The van der Waals surface area contributed by atoms with Gasteiger partial charge in [0.05, 0.1) is 12.9 Å². The predicted molar refractivity (Wildman–Crippen MR) is 102 cm³/mol. The smallest absolute Gasteiger partial charge is 0.288 e. The zero-order valence-corrected chi connectivity index (χ0v) is 15.5. The van der Waals surface area contributed by atoms with E-state index in [2.05, 4.69) is 15.3 Å². The summed E-state index contributed by atoms with van der Waals surface area (Å²) >= 11 is 5.25. The van der Waals surface area contributed by atoms with Gasteiger partial charge in [0.25, 0.3) is 10.7 Å². The molecule has 1 saturated heterocycles. The van der Waals surface area contributed by atoms with Crippen molar-refractivity contribution in [2.45, 2.75) is 19.5 Å². The highest BCUT2D eigenvalue weighted by atomic mass is 32.1. The number of hydrogen-bond acceptors (Lipinski definition) is 6. The number of hydrogen-bond donors (Lipinski definition) is 1. The van der Waals surface area contributed by atoms with Crippen molar-refractivity contribution >= 4 is 23.8 Å². The van der Waals surface area contributed by atoms with Crippen LogP contribution in [0.15, 0.2) is 57.6 Å². The molecule has 4 rings (SSSR count). The van der Waals surface area contributed by atoms with Crippen LogP contribution in [0.25, 0.3) is 11.7 Å². The molecule has 1 fully saturated rings. The van der Waals surface area contributed by atoms with Crippen LogP contribution in [0.5, 0.6) is 0 Å². The lowest BCUT2D eigenvalue weighted by Gasteiger charge is -2.30. The number of anilines is 1. The molecular formula is C19H20N4O3S. The van der Waals surface area contributed by atoms with Crippen LogP contribution in [0.2, 0.25) is 0 Å². The highest BCUT2D eigenvalue weighted by Gasteiger charge is 2.25. The van der Waals surface area contributed by atoms with Crippen LogP contribution in [-0.2, 0) is 11.5 Å². The number of likely N-dealkylation sites (tertiary alicyclic amines) is 1. The molecule has 2 aromatic heterocycles. The Hall–Kier alpha value is -2.71. The molecule has 3 heterocycles. The van der Waals surface area contributed by atoms with Crippen molar-refractivity contribution in [3.05, 3.63) is 53.6 Å². The molecule has 0 saturated carbocycles. The number of furan rings is 1. The van der Waals surface area contributed by atoms with Crippen molar-refractivity contribution in [2.75, 3.05) is 18.4 Å². The van der Waals surface area contributed by atoms with Crippen LogP contribution in [-0.4, -0.2) is 33.7 Å². The fourth-order valence-electron chi connectivity index (χ4n) is 3.19. The third-order valence-corrected chi connectivity index (χ3v) is 4.97. The van der Waals surface area contributed by atoms with E-state index in [-0.39, 0.29) is 11.8 Å². The second kappa shape index (κ2) is 7.89. The van der Waals surface area contributed by atoms with E-state index < -0.39 is 0 Å². The number of carbonyl (C=O) groups is 1. The first-order valence-electron chi connectivity index (χ1n) is 8.89. The van der Waals surface area contributed by atoms with Gasteiger partial charge in [0.2, 0.25) is 5.91 Å². The quantitative estimate of drug-likeness (QED) is 0.675. The van der Waals surface area contributed by atoms with Gasteiger partial charge in [0, 0.05) is 24.7 Å². The van der Waals surface area contributed by atoms with E-state index >= 15 is 0 Å². The lowest BCUT2D eigenvalue weighted by molar-refractivity contribution is -0.121. The number of piperidine rings is 1. The van der Waals surface area contributed by atoms with Crippen LogP contribution in [0.3, 0.4) is 0 Å². The van der Waals surface area contributed by atoms with E-state index in [0.29, 0.717) is 23.2 Å². The number of carbonyl (C=O) groups excluding carboxylic acids is 1. The molecule has 0 unspecified atom stereocenters. The van der Waals surface area contributed by atoms with Gasteiger partial charge in [-0.15, -0.1) is 5.10 Å². The maximum absolute atomic E-state index is 12.4. The molecule has 0 aliphatic carbocycles. The number of amides is 1. The Balaban J connectivity index is 1.32. The summed E-state index contributed by atoms with van der Waals surface area (Å²) in [5.41, 5.74) is 0.837. The van der Waals surface area contributed by atoms with E-state index in [0.717, 1.165) is 31.6 Å². The minimum absolute atomic E-state index is 0.0189. The van der Waals surface area contributed by atoms with E-state index in [1.54, 1.807) is 23.1 Å². The zero-order chi connectivity index (χ0) is 18.6. The fourth-order valence-corrected chi connectivity index (χ4v) is 3.36. The first-order chi connectivity index (χ1) is 13.2. The molecule has 1 N–H and O–H groups in total. The number of nitrogens with zero attached hydrogens (tertiary/aromatic N) is 3. The average molecular weight is 384 g/mol. The number of nitrogens with one attached hydrogen (secondary N) is 1. The van der Waals surface area contributed by atoms with Crippen LogP contribution in [0, 0.1) is 10.8 Å². The maximum atomic E-state index is 12.4. The van der Waals surface area contributed by atoms with Crippen molar-refractivity contribution in [1.82, 2.24) is 14.7 Å². The minimum Gasteiger partial charge on any atom is -0.459 e. The Morgan fingerprint density at radius 2 is 1.96 bits per heavy atom. The SMILES string of the molecule is O=C(Nc1ccccc1)C1CCN(Cn2nc(-c3ccco3)oc2=S)CC1. The molecular weight excluding hydrogens is 364 g/mol. The summed E-state index contributed by atoms with van der Waals surface area (Å²) in [6.45, 7) is 2.14. The largest absolute Gasteiger partial charge is 0.459 e. The van der Waals surface area contributed by atoms with Gasteiger partial charge in [-0.2, -0.15) is 0 Å². The zero-order valence-electron chi connectivity index (χ0n) is 14.7. The lowest BCUT2D eigenvalue weighted by Crippen LogP contribution is -2.39. The van der Waals surface area contributed by atoms with Crippen LogP contribution in [0.4, 0.5) is 5.69 Å². The standard InChI is InChI=1S/C19H20N4O3S/c24-17(20-15-5-2-1-3-6-15)14-8-10-22(11-9-14)13-23-19(27)26-18(21-23)16-7-4-12-25-16/h1-7,12,14H,8-11,13H2,(H,20,24). The third-order valence-electron chi connectivity index (χ3n) is 4.67. The van der Waals surface area contributed by atoms with Gasteiger partial charge in [-0.05, 0) is 49.3 Å². The molecule has 8 heteroatoms. The summed E-state index contributed by atoms with van der Waals surface area (Å²) in [6.07, 6.45) is 3.17. The first kappa shape index (κ1) is 17.7. The van der Waals surface area contributed by atoms with Gasteiger partial charge in [-0.1, -0.05) is 18.2 Å². The van der Waals surface area contributed by atoms with E-state index in [9.17, 15) is 4.79 Å². The van der Waals surface area contributed by atoms with Gasteiger partial charge in [0.1, 0.15) is 0 Å². The van der Waals surface area contributed by atoms with Crippen molar-refractivity contribution in [2.24, 2.45) is 5.92 Å². The lowest BCUT2D eigenvalue weighted by atomic mass is 9.96. The monoisotopic (exact) mass is 384 g/mol. The number of benzene rings is 1. The van der Waals surface area contributed by atoms with Crippen LogP contribution >= 0.6 is 12.2 Å². The average Bonchev–Trinajstić information content (AvgIpc) is 3.34. The summed E-state index contributed by atoms with van der Waals surface area (Å²) in [6, 6.07) is 13.1. The molecule has 0 bridgehead atoms. The minimum atomic E-state index is 0.0189. The molecule has 0 atom stereocenters.